The van der Waals surface area contributed by atoms with Gasteiger partial charge in [0.2, 0.25) is 0 Å². The number of allylic oxidation sites excluding steroid dienone is 1. The molecule has 0 bridgehead atoms. The van der Waals surface area contributed by atoms with E-state index >= 15 is 0 Å². The lowest BCUT2D eigenvalue weighted by molar-refractivity contribution is -0.136. The van der Waals surface area contributed by atoms with Crippen molar-refractivity contribution in [3.63, 3.8) is 0 Å². The van der Waals surface area contributed by atoms with Gasteiger partial charge in [0, 0.05) is 12.2 Å². The van der Waals surface area contributed by atoms with Gasteiger partial charge in [-0.2, -0.15) is 0 Å². The molecule has 0 saturated heterocycles. The third-order valence-corrected chi connectivity index (χ3v) is 3.65. The Labute approximate surface area is 108 Å². The van der Waals surface area contributed by atoms with Gasteiger partial charge in [-0.25, -0.2) is 4.79 Å². The third kappa shape index (κ3) is 2.26. The summed E-state index contributed by atoms with van der Waals surface area (Å²) < 4.78 is 4.81. The molecule has 18 heavy (non-hydrogen) atoms. The van der Waals surface area contributed by atoms with Crippen molar-refractivity contribution in [2.24, 2.45) is 0 Å². The van der Waals surface area contributed by atoms with Crippen LogP contribution in [0.5, 0.6) is 0 Å². The van der Waals surface area contributed by atoms with Crippen LogP contribution in [0, 0.1) is 0 Å². The van der Waals surface area contributed by atoms with Crippen LogP contribution in [0.4, 0.5) is 0 Å². The van der Waals surface area contributed by atoms with Gasteiger partial charge in [-0.1, -0.05) is 30.3 Å². The summed E-state index contributed by atoms with van der Waals surface area (Å²) in [7, 11) is 1.44. The molecule has 0 radical (unpaired) electrons. The van der Waals surface area contributed by atoms with Crippen LogP contribution in [0.1, 0.15) is 31.9 Å². The van der Waals surface area contributed by atoms with Crippen LogP contribution in [0.3, 0.4) is 0 Å². The highest BCUT2D eigenvalue weighted by Crippen LogP contribution is 2.32. The number of carbonyl (C=O) groups is 1. The molecule has 1 heterocycles. The molecule has 0 fully saturated rings. The fourth-order valence-electron chi connectivity index (χ4n) is 2.52. The van der Waals surface area contributed by atoms with Crippen LogP contribution < -0.4 is 0 Å². The second kappa shape index (κ2) is 5.25. The smallest absolute Gasteiger partial charge is 0.335 e. The molecule has 0 saturated carbocycles. The minimum atomic E-state index is -0.199. The highest BCUT2D eigenvalue weighted by atomic mass is 16.5. The van der Waals surface area contributed by atoms with Gasteiger partial charge in [0.05, 0.1) is 18.7 Å². The fraction of sp³-hybridized carbons (Fsp3) is 0.400. The van der Waals surface area contributed by atoms with E-state index in [0.29, 0.717) is 0 Å². The highest BCUT2D eigenvalue weighted by molar-refractivity contribution is 5.89. The molecule has 96 valence electrons. The van der Waals surface area contributed by atoms with Crippen LogP contribution in [0.25, 0.3) is 0 Å². The van der Waals surface area contributed by atoms with Gasteiger partial charge in [-0.15, -0.1) is 0 Å². The van der Waals surface area contributed by atoms with E-state index in [9.17, 15) is 4.79 Å². The zero-order chi connectivity index (χ0) is 13.1. The molecule has 0 unspecified atom stereocenters. The Morgan fingerprint density at radius 2 is 2.00 bits per heavy atom. The van der Waals surface area contributed by atoms with Gasteiger partial charge in [0.15, 0.2) is 0 Å². The quantitative estimate of drug-likeness (QED) is 0.767. The zero-order valence-corrected chi connectivity index (χ0v) is 11.1. The summed E-state index contributed by atoms with van der Waals surface area (Å²) in [5, 5.41) is 0. The molecule has 1 aliphatic rings. The molecular formula is C15H19NO2. The minimum absolute atomic E-state index is 0.199. The normalized spacial score (nSPS) is 16.9. The molecule has 0 amide bonds. The highest BCUT2D eigenvalue weighted by Gasteiger charge is 2.28. The monoisotopic (exact) mass is 245 g/mol. The summed E-state index contributed by atoms with van der Waals surface area (Å²) in [6, 6.07) is 10.6. The molecule has 1 aromatic rings. The van der Waals surface area contributed by atoms with E-state index in [0.717, 1.165) is 24.2 Å². The van der Waals surface area contributed by atoms with Crippen LogP contribution in [0.2, 0.25) is 0 Å². The summed E-state index contributed by atoms with van der Waals surface area (Å²) >= 11 is 0. The number of benzene rings is 1. The number of nitrogens with zero attached hydrogens (tertiary/aromatic N) is 1. The van der Waals surface area contributed by atoms with Crippen molar-refractivity contribution in [2.45, 2.75) is 26.3 Å². The molecule has 0 aliphatic carbocycles. The average Bonchev–Trinajstić information content (AvgIpc) is 2.80. The molecule has 2 rings (SSSR count). The first kappa shape index (κ1) is 12.7. The van der Waals surface area contributed by atoms with E-state index in [1.807, 2.05) is 25.1 Å². The Bertz CT molecular complexity index is 465. The van der Waals surface area contributed by atoms with Crippen molar-refractivity contribution >= 4 is 5.97 Å². The SMILES string of the molecule is COC(=O)C1=C(C)N([C@H](C)c2ccccc2)CC1. The number of hydrogen-bond acceptors (Lipinski definition) is 3. The number of hydrogen-bond donors (Lipinski definition) is 0. The van der Waals surface area contributed by atoms with Crippen LogP contribution in [-0.4, -0.2) is 24.5 Å². The molecular weight excluding hydrogens is 226 g/mol. The van der Waals surface area contributed by atoms with Crippen molar-refractivity contribution in [1.29, 1.82) is 0 Å². The maximum absolute atomic E-state index is 11.6. The van der Waals surface area contributed by atoms with Crippen LogP contribution in [0.15, 0.2) is 41.6 Å². The van der Waals surface area contributed by atoms with Crippen LogP contribution in [-0.2, 0) is 9.53 Å². The van der Waals surface area contributed by atoms with Gasteiger partial charge in [0.1, 0.15) is 0 Å². The Balaban J connectivity index is 2.21. The van der Waals surface area contributed by atoms with Crippen molar-refractivity contribution in [2.75, 3.05) is 13.7 Å². The first-order valence-corrected chi connectivity index (χ1v) is 6.24. The fourth-order valence-corrected chi connectivity index (χ4v) is 2.52. The van der Waals surface area contributed by atoms with Gasteiger partial charge in [-0.3, -0.25) is 0 Å². The number of ether oxygens (including phenoxy) is 1. The van der Waals surface area contributed by atoms with E-state index in [-0.39, 0.29) is 12.0 Å². The molecule has 0 aromatic heterocycles. The van der Waals surface area contributed by atoms with Crippen molar-refractivity contribution < 1.29 is 9.53 Å². The van der Waals surface area contributed by atoms with E-state index in [2.05, 4.69) is 24.0 Å². The minimum Gasteiger partial charge on any atom is -0.466 e. The Kier molecular flexibility index (Phi) is 3.70. The predicted molar refractivity (Wildman–Crippen MR) is 70.9 cm³/mol. The molecule has 0 spiro atoms. The largest absolute Gasteiger partial charge is 0.466 e. The number of carbonyl (C=O) groups excluding carboxylic acids is 1. The number of methoxy groups -OCH3 is 1. The standard InChI is InChI=1S/C15H19NO2/c1-11(13-7-5-4-6-8-13)16-10-9-14(12(16)2)15(17)18-3/h4-8,11H,9-10H2,1-3H3/t11-/m1/s1. The lowest BCUT2D eigenvalue weighted by atomic mass is 10.1. The van der Waals surface area contributed by atoms with Gasteiger partial charge in [0.25, 0.3) is 0 Å². The maximum atomic E-state index is 11.6. The Morgan fingerprint density at radius 3 is 2.61 bits per heavy atom. The van der Waals surface area contributed by atoms with Gasteiger partial charge in [-0.05, 0) is 25.8 Å². The molecule has 1 aliphatic heterocycles. The molecule has 3 nitrogen and oxygen atoms in total. The molecule has 3 heteroatoms. The van der Waals surface area contributed by atoms with Crippen molar-refractivity contribution in [3.05, 3.63) is 47.2 Å². The van der Waals surface area contributed by atoms with E-state index in [1.165, 1.54) is 12.7 Å². The topological polar surface area (TPSA) is 29.5 Å². The van der Waals surface area contributed by atoms with E-state index in [1.54, 1.807) is 0 Å². The Hall–Kier alpha value is -1.77. The molecule has 1 aromatic carbocycles. The number of rotatable bonds is 3. The van der Waals surface area contributed by atoms with Crippen LogP contribution >= 0.6 is 0 Å². The second-order valence-corrected chi connectivity index (χ2v) is 4.59. The lowest BCUT2D eigenvalue weighted by Crippen LogP contribution is -2.22. The maximum Gasteiger partial charge on any atom is 0.335 e. The average molecular weight is 245 g/mol. The predicted octanol–water partition coefficient (Wildman–Crippen LogP) is 2.90. The summed E-state index contributed by atoms with van der Waals surface area (Å²) in [4.78, 5) is 13.9. The summed E-state index contributed by atoms with van der Waals surface area (Å²) in [6.45, 7) is 5.05. The summed E-state index contributed by atoms with van der Waals surface area (Å²) in [6.07, 6.45) is 0.773. The van der Waals surface area contributed by atoms with E-state index < -0.39 is 0 Å². The lowest BCUT2D eigenvalue weighted by Gasteiger charge is -2.28. The molecule has 0 N–H and O–H groups in total. The molecule has 1 atom stereocenters. The first-order chi connectivity index (χ1) is 8.65. The number of esters is 1. The second-order valence-electron chi connectivity index (χ2n) is 4.59. The van der Waals surface area contributed by atoms with Crippen molar-refractivity contribution in [1.82, 2.24) is 4.90 Å². The van der Waals surface area contributed by atoms with Crippen molar-refractivity contribution in [3.8, 4) is 0 Å². The summed E-state index contributed by atoms with van der Waals surface area (Å²) in [5.41, 5.74) is 3.11. The van der Waals surface area contributed by atoms with Gasteiger partial charge >= 0.3 is 5.97 Å². The third-order valence-electron chi connectivity index (χ3n) is 3.65. The summed E-state index contributed by atoms with van der Waals surface area (Å²) in [5.74, 6) is -0.199. The first-order valence-electron chi connectivity index (χ1n) is 6.24. The Morgan fingerprint density at radius 1 is 1.33 bits per heavy atom. The van der Waals surface area contributed by atoms with Gasteiger partial charge < -0.3 is 9.64 Å². The van der Waals surface area contributed by atoms with E-state index in [4.69, 9.17) is 4.74 Å². The zero-order valence-electron chi connectivity index (χ0n) is 11.1.